The molecule has 0 radical (unpaired) electrons. The van der Waals surface area contributed by atoms with Crippen LogP contribution < -0.4 is 5.14 Å². The third kappa shape index (κ3) is 2.06. The van der Waals surface area contributed by atoms with Gasteiger partial charge in [-0.3, -0.25) is 4.90 Å². The van der Waals surface area contributed by atoms with Gasteiger partial charge in [0, 0.05) is 13.1 Å². The normalized spacial score (nSPS) is 31.6. The van der Waals surface area contributed by atoms with Gasteiger partial charge in [0.2, 0.25) is 10.0 Å². The van der Waals surface area contributed by atoms with Crippen molar-refractivity contribution in [2.75, 3.05) is 19.8 Å². The highest BCUT2D eigenvalue weighted by Gasteiger charge is 2.43. The largest absolute Gasteiger partial charge is 0.286 e. The lowest BCUT2D eigenvalue weighted by molar-refractivity contribution is 0.157. The monoisotopic (exact) mass is 308 g/mol. The van der Waals surface area contributed by atoms with Crippen LogP contribution in [0.1, 0.15) is 0 Å². The van der Waals surface area contributed by atoms with Gasteiger partial charge < -0.3 is 0 Å². The third-order valence-corrected chi connectivity index (χ3v) is 5.26. The lowest BCUT2D eigenvalue weighted by Gasteiger charge is -2.42. The van der Waals surface area contributed by atoms with E-state index in [0.717, 1.165) is 0 Å². The van der Waals surface area contributed by atoms with Crippen molar-refractivity contribution in [3.05, 3.63) is 0 Å². The van der Waals surface area contributed by atoms with E-state index in [1.807, 2.05) is 22.6 Å². The van der Waals surface area contributed by atoms with Crippen molar-refractivity contribution in [3.63, 3.8) is 0 Å². The summed E-state index contributed by atoms with van der Waals surface area (Å²) in [6, 6.07) is 0. The predicted octanol–water partition coefficient (Wildman–Crippen LogP) is -0.310. The molecule has 0 aromatic heterocycles. The fourth-order valence-electron chi connectivity index (χ4n) is 1.10. The highest BCUT2D eigenvalue weighted by atomic mass is 127. The molecule has 0 aromatic carbocycles. The molecular formula is C5H10FIN2O2S. The Labute approximate surface area is 84.5 Å². The summed E-state index contributed by atoms with van der Waals surface area (Å²) < 4.78 is 33.3. The van der Waals surface area contributed by atoms with Crippen molar-refractivity contribution in [1.29, 1.82) is 0 Å². The van der Waals surface area contributed by atoms with E-state index in [2.05, 4.69) is 0 Å². The zero-order valence-electron chi connectivity index (χ0n) is 6.28. The van der Waals surface area contributed by atoms with Crippen molar-refractivity contribution in [3.8, 4) is 0 Å². The first kappa shape index (κ1) is 10.6. The summed E-state index contributed by atoms with van der Waals surface area (Å²) >= 11 is 1.97. The molecule has 0 spiro atoms. The lowest BCUT2D eigenvalue weighted by Crippen LogP contribution is -2.61. The maximum atomic E-state index is 11.8. The molecule has 7 heteroatoms. The smallest absolute Gasteiger partial charge is 0.215 e. The number of likely N-dealkylation sites (tertiary alicyclic amines) is 1. The van der Waals surface area contributed by atoms with Crippen molar-refractivity contribution in [2.45, 2.75) is 9.30 Å². The zero-order chi connectivity index (χ0) is 9.35. The van der Waals surface area contributed by atoms with Gasteiger partial charge in [-0.25, -0.2) is 17.9 Å². The SMILES string of the molecule is NS(=O)(=O)C1CN(CCF)C1I. The Bertz CT molecular complexity index is 258. The molecule has 2 unspecified atom stereocenters. The second-order valence-corrected chi connectivity index (χ2v) is 5.74. The molecule has 72 valence electrons. The van der Waals surface area contributed by atoms with E-state index >= 15 is 0 Å². The van der Waals surface area contributed by atoms with Crippen molar-refractivity contribution < 1.29 is 12.8 Å². The Kier molecular flexibility index (Phi) is 3.29. The Morgan fingerprint density at radius 3 is 2.58 bits per heavy atom. The van der Waals surface area contributed by atoms with Gasteiger partial charge in [-0.1, -0.05) is 22.6 Å². The number of hydrogen-bond donors (Lipinski definition) is 1. The summed E-state index contributed by atoms with van der Waals surface area (Å²) in [4.78, 5) is 1.75. The number of primary sulfonamides is 1. The summed E-state index contributed by atoms with van der Waals surface area (Å²) in [5.74, 6) is 0. The van der Waals surface area contributed by atoms with Crippen LogP contribution in [-0.4, -0.2) is 42.4 Å². The molecule has 1 aliphatic rings. The topological polar surface area (TPSA) is 63.4 Å². The molecular weight excluding hydrogens is 298 g/mol. The Morgan fingerprint density at radius 1 is 1.67 bits per heavy atom. The number of halogens is 2. The van der Waals surface area contributed by atoms with Crippen LogP contribution in [0.3, 0.4) is 0 Å². The molecule has 0 aliphatic carbocycles. The molecule has 1 rings (SSSR count). The molecule has 1 fully saturated rings. The first-order valence-electron chi connectivity index (χ1n) is 3.42. The van der Waals surface area contributed by atoms with Gasteiger partial charge in [0.25, 0.3) is 0 Å². The lowest BCUT2D eigenvalue weighted by atomic mass is 10.2. The molecule has 1 heterocycles. The van der Waals surface area contributed by atoms with Crippen LogP contribution >= 0.6 is 22.6 Å². The fraction of sp³-hybridized carbons (Fsp3) is 1.00. The summed E-state index contributed by atoms with van der Waals surface area (Å²) in [5.41, 5.74) is 0. The van der Waals surface area contributed by atoms with Crippen molar-refractivity contribution in [2.24, 2.45) is 5.14 Å². The molecule has 4 nitrogen and oxygen atoms in total. The zero-order valence-corrected chi connectivity index (χ0v) is 9.26. The molecule has 0 amide bonds. The minimum Gasteiger partial charge on any atom is -0.286 e. The summed E-state index contributed by atoms with van der Waals surface area (Å²) in [6.07, 6.45) is 0. The predicted molar refractivity (Wildman–Crippen MR) is 52.3 cm³/mol. The second-order valence-electron chi connectivity index (χ2n) is 2.68. The van der Waals surface area contributed by atoms with Crippen LogP contribution in [0.5, 0.6) is 0 Å². The van der Waals surface area contributed by atoms with E-state index in [-0.39, 0.29) is 4.05 Å². The molecule has 1 saturated heterocycles. The molecule has 12 heavy (non-hydrogen) atoms. The summed E-state index contributed by atoms with van der Waals surface area (Å²) in [6.45, 7) is 0.201. The van der Waals surface area contributed by atoms with E-state index in [1.54, 1.807) is 4.90 Å². The number of hydrogen-bond acceptors (Lipinski definition) is 3. The fourth-order valence-corrected chi connectivity index (χ4v) is 3.95. The quantitative estimate of drug-likeness (QED) is 0.442. The first-order valence-corrected chi connectivity index (χ1v) is 6.28. The number of sulfonamides is 1. The standard InChI is InChI=1S/C5H10FIN2O2S/c6-1-2-9-3-4(5(9)7)12(8,10)11/h4-5H,1-3H2,(H2,8,10,11). The van der Waals surface area contributed by atoms with Crippen molar-refractivity contribution >= 4 is 32.6 Å². The number of rotatable bonds is 3. The van der Waals surface area contributed by atoms with Gasteiger partial charge in [-0.2, -0.15) is 0 Å². The molecule has 0 aromatic rings. The minimum atomic E-state index is -3.44. The second kappa shape index (κ2) is 3.72. The average molecular weight is 308 g/mol. The molecule has 2 atom stereocenters. The molecule has 0 saturated carbocycles. The van der Waals surface area contributed by atoms with Crippen LogP contribution in [0.4, 0.5) is 4.39 Å². The molecule has 0 bridgehead atoms. The Balaban J connectivity index is 2.49. The van der Waals surface area contributed by atoms with Gasteiger partial charge in [-0.05, 0) is 0 Å². The number of alkyl halides is 2. The highest BCUT2D eigenvalue weighted by Crippen LogP contribution is 2.27. The van der Waals surface area contributed by atoms with E-state index in [1.165, 1.54) is 0 Å². The maximum Gasteiger partial charge on any atom is 0.215 e. The van der Waals surface area contributed by atoms with Crippen molar-refractivity contribution in [1.82, 2.24) is 4.90 Å². The molecule has 2 N–H and O–H groups in total. The number of nitrogens with zero attached hydrogens (tertiary/aromatic N) is 1. The van der Waals surface area contributed by atoms with Gasteiger partial charge in [-0.15, -0.1) is 0 Å². The number of nitrogens with two attached hydrogens (primary N) is 1. The Morgan fingerprint density at radius 2 is 2.25 bits per heavy atom. The van der Waals surface area contributed by atoms with E-state index < -0.39 is 21.9 Å². The summed E-state index contributed by atoms with van der Waals surface area (Å²) in [7, 11) is -3.44. The van der Waals surface area contributed by atoms with E-state index in [9.17, 15) is 12.8 Å². The van der Waals surface area contributed by atoms with Gasteiger partial charge in [0.15, 0.2) is 0 Å². The van der Waals surface area contributed by atoms with Crippen LogP contribution in [0.2, 0.25) is 0 Å². The van der Waals surface area contributed by atoms with Crippen LogP contribution in [-0.2, 0) is 10.0 Å². The third-order valence-electron chi connectivity index (χ3n) is 1.86. The van der Waals surface area contributed by atoms with Crippen LogP contribution in [0, 0.1) is 0 Å². The highest BCUT2D eigenvalue weighted by molar-refractivity contribution is 14.1. The summed E-state index contributed by atoms with van der Waals surface area (Å²) in [5, 5.41) is 4.41. The minimum absolute atomic E-state index is 0.173. The Hall–Kier alpha value is 0.530. The maximum absolute atomic E-state index is 11.8. The van der Waals surface area contributed by atoms with E-state index in [4.69, 9.17) is 5.14 Å². The van der Waals surface area contributed by atoms with Crippen LogP contribution in [0.15, 0.2) is 0 Å². The van der Waals surface area contributed by atoms with Gasteiger partial charge in [0.05, 0.1) is 4.05 Å². The van der Waals surface area contributed by atoms with Gasteiger partial charge >= 0.3 is 0 Å². The molecule has 1 aliphatic heterocycles. The first-order chi connectivity index (χ1) is 5.46. The van der Waals surface area contributed by atoms with Gasteiger partial charge in [0.1, 0.15) is 11.9 Å². The average Bonchev–Trinajstić information content (AvgIpc) is 1.93. The van der Waals surface area contributed by atoms with E-state index in [0.29, 0.717) is 13.1 Å². The van der Waals surface area contributed by atoms with Crippen LogP contribution in [0.25, 0.3) is 0 Å².